The summed E-state index contributed by atoms with van der Waals surface area (Å²) >= 11 is 0. The summed E-state index contributed by atoms with van der Waals surface area (Å²) in [5.74, 6) is -0.0392. The van der Waals surface area contributed by atoms with Gasteiger partial charge in [0.2, 0.25) is 0 Å². The molecule has 0 fully saturated rings. The van der Waals surface area contributed by atoms with E-state index in [1.165, 1.54) is 0 Å². The number of ether oxygens (including phenoxy) is 7. The first-order valence-electron chi connectivity index (χ1n) is 18.4. The van der Waals surface area contributed by atoms with Gasteiger partial charge in [-0.3, -0.25) is 0 Å². The number of rotatable bonds is 24. The minimum Gasteiger partial charge on any atom is -0.497 e. The molecule has 286 valence electrons. The van der Waals surface area contributed by atoms with E-state index >= 15 is 0 Å². The third kappa shape index (κ3) is 13.2. The molecule has 0 spiro atoms. The van der Waals surface area contributed by atoms with E-state index in [1.54, 1.807) is 37.5 Å². The van der Waals surface area contributed by atoms with Gasteiger partial charge in [-0.25, -0.2) is 4.79 Å². The molecular formula is C47H50O8. The van der Waals surface area contributed by atoms with Crippen LogP contribution < -0.4 is 4.74 Å². The quantitative estimate of drug-likeness (QED) is 0.0352. The minimum atomic E-state index is -0.825. The normalized spacial score (nSPS) is 13.3. The fraction of sp³-hybridized carbons (Fsp3) is 0.255. The van der Waals surface area contributed by atoms with Crippen molar-refractivity contribution in [1.82, 2.24) is 0 Å². The van der Waals surface area contributed by atoms with Gasteiger partial charge in [0.05, 0.1) is 52.3 Å². The van der Waals surface area contributed by atoms with Crippen LogP contribution in [0, 0.1) is 0 Å². The molecule has 0 saturated heterocycles. The molecule has 8 heteroatoms. The molecule has 4 atom stereocenters. The van der Waals surface area contributed by atoms with E-state index in [0.717, 1.165) is 22.3 Å². The summed E-state index contributed by atoms with van der Waals surface area (Å²) in [5.41, 5.74) is 4.77. The van der Waals surface area contributed by atoms with Gasteiger partial charge < -0.3 is 33.2 Å². The Hall–Kier alpha value is -5.35. The van der Waals surface area contributed by atoms with Crippen LogP contribution in [0.3, 0.4) is 0 Å². The minimum absolute atomic E-state index is 0.164. The van der Waals surface area contributed by atoms with E-state index < -0.39 is 30.4 Å². The zero-order chi connectivity index (χ0) is 38.5. The first-order chi connectivity index (χ1) is 27.1. The number of hydrogen-bond donors (Lipinski definition) is 0. The molecular weight excluding hydrogens is 693 g/mol. The molecule has 0 aliphatic carbocycles. The van der Waals surface area contributed by atoms with Crippen LogP contribution in [0.15, 0.2) is 159 Å². The fourth-order valence-corrected chi connectivity index (χ4v) is 5.91. The predicted octanol–water partition coefficient (Wildman–Crippen LogP) is 9.04. The van der Waals surface area contributed by atoms with Crippen molar-refractivity contribution in [2.45, 2.75) is 50.8 Å². The van der Waals surface area contributed by atoms with Gasteiger partial charge >= 0.3 is 5.97 Å². The molecule has 0 radical (unpaired) electrons. The number of hydrogen-bond acceptors (Lipinski definition) is 8. The largest absolute Gasteiger partial charge is 0.497 e. The summed E-state index contributed by atoms with van der Waals surface area (Å²) in [7, 11) is 1.55. The molecule has 0 aromatic heterocycles. The number of carbonyl (C=O) groups excluding carboxylic acids is 1. The summed E-state index contributed by atoms with van der Waals surface area (Å²) in [5, 5.41) is 0. The van der Waals surface area contributed by atoms with Gasteiger partial charge in [0, 0.05) is 0 Å². The first-order valence-corrected chi connectivity index (χ1v) is 18.4. The van der Waals surface area contributed by atoms with E-state index in [2.05, 4.69) is 13.2 Å². The molecule has 5 rings (SSSR count). The van der Waals surface area contributed by atoms with Crippen molar-refractivity contribution >= 4 is 12.0 Å². The Morgan fingerprint density at radius 2 is 1.02 bits per heavy atom. The average molecular weight is 743 g/mol. The maximum atomic E-state index is 13.8. The van der Waals surface area contributed by atoms with E-state index in [0.29, 0.717) is 30.1 Å². The van der Waals surface area contributed by atoms with Crippen molar-refractivity contribution in [2.24, 2.45) is 0 Å². The summed E-state index contributed by atoms with van der Waals surface area (Å²) < 4.78 is 44.6. The smallest absolute Gasteiger partial charge is 0.338 e. The van der Waals surface area contributed by atoms with Gasteiger partial charge in [0.1, 0.15) is 36.8 Å². The summed E-state index contributed by atoms with van der Waals surface area (Å²) in [4.78, 5) is 13.8. The summed E-state index contributed by atoms with van der Waals surface area (Å²) in [6, 6.07) is 44.7. The Labute approximate surface area is 324 Å². The average Bonchev–Trinajstić information content (AvgIpc) is 3.24. The maximum Gasteiger partial charge on any atom is 0.338 e. The van der Waals surface area contributed by atoms with Gasteiger partial charge in [-0.15, -0.1) is 6.58 Å². The highest BCUT2D eigenvalue weighted by Crippen LogP contribution is 2.25. The Morgan fingerprint density at radius 1 is 0.582 bits per heavy atom. The Balaban J connectivity index is 1.54. The van der Waals surface area contributed by atoms with Crippen molar-refractivity contribution in [3.8, 4) is 5.75 Å². The van der Waals surface area contributed by atoms with Crippen LogP contribution in [0.1, 0.15) is 38.2 Å². The van der Waals surface area contributed by atoms with Gasteiger partial charge in [-0.2, -0.15) is 0 Å². The molecule has 0 aliphatic rings. The van der Waals surface area contributed by atoms with Crippen LogP contribution in [-0.2, 0) is 54.8 Å². The third-order valence-corrected chi connectivity index (χ3v) is 8.84. The lowest BCUT2D eigenvalue weighted by molar-refractivity contribution is -0.204. The molecule has 8 nitrogen and oxygen atoms in total. The number of carbonyl (C=O) groups is 1. The zero-order valence-corrected chi connectivity index (χ0v) is 31.4. The molecule has 55 heavy (non-hydrogen) atoms. The maximum absolute atomic E-state index is 13.8. The summed E-state index contributed by atoms with van der Waals surface area (Å²) in [6.45, 7) is 9.03. The lowest BCUT2D eigenvalue weighted by Gasteiger charge is -2.37. The van der Waals surface area contributed by atoms with Crippen molar-refractivity contribution in [1.29, 1.82) is 0 Å². The lowest BCUT2D eigenvalue weighted by Crippen LogP contribution is -2.52. The van der Waals surface area contributed by atoms with Crippen molar-refractivity contribution in [2.75, 3.05) is 26.9 Å². The number of esters is 1. The number of methoxy groups -OCH3 is 1. The Kier molecular flexibility index (Phi) is 16.9. The van der Waals surface area contributed by atoms with Gasteiger partial charge in [-0.1, -0.05) is 146 Å². The highest BCUT2D eigenvalue weighted by Gasteiger charge is 2.39. The molecule has 5 aromatic rings. The molecule has 0 bridgehead atoms. The molecule has 0 heterocycles. The zero-order valence-electron chi connectivity index (χ0n) is 31.4. The second-order valence-electron chi connectivity index (χ2n) is 12.8. The van der Waals surface area contributed by atoms with E-state index in [-0.39, 0.29) is 33.0 Å². The lowest BCUT2D eigenvalue weighted by atomic mass is 10.0. The van der Waals surface area contributed by atoms with Gasteiger partial charge in [0.25, 0.3) is 0 Å². The highest BCUT2D eigenvalue weighted by atomic mass is 16.6. The Bertz CT molecular complexity index is 1850. The van der Waals surface area contributed by atoms with Crippen LogP contribution >= 0.6 is 0 Å². The van der Waals surface area contributed by atoms with Crippen LogP contribution in [0.4, 0.5) is 0 Å². The van der Waals surface area contributed by atoms with Crippen molar-refractivity contribution < 1.29 is 38.0 Å². The van der Waals surface area contributed by atoms with Crippen molar-refractivity contribution in [3.05, 3.63) is 192 Å². The third-order valence-electron chi connectivity index (χ3n) is 8.84. The predicted molar refractivity (Wildman–Crippen MR) is 214 cm³/mol. The van der Waals surface area contributed by atoms with Crippen LogP contribution in [0.25, 0.3) is 6.08 Å². The molecule has 0 unspecified atom stereocenters. The molecule has 0 aliphatic heterocycles. The van der Waals surface area contributed by atoms with Gasteiger partial charge in [0.15, 0.2) is 0 Å². The van der Waals surface area contributed by atoms with Crippen LogP contribution in [-0.4, -0.2) is 57.3 Å². The topological polar surface area (TPSA) is 81.7 Å². The highest BCUT2D eigenvalue weighted by molar-refractivity contribution is 5.94. The monoisotopic (exact) mass is 742 g/mol. The molecule has 0 N–H and O–H groups in total. The molecule has 5 aromatic carbocycles. The molecule has 0 amide bonds. The van der Waals surface area contributed by atoms with Crippen molar-refractivity contribution in [3.63, 3.8) is 0 Å². The fourth-order valence-electron chi connectivity index (χ4n) is 5.91. The second-order valence-corrected chi connectivity index (χ2v) is 12.8. The van der Waals surface area contributed by atoms with E-state index in [1.807, 2.05) is 121 Å². The van der Waals surface area contributed by atoms with Crippen LogP contribution in [0.2, 0.25) is 0 Å². The van der Waals surface area contributed by atoms with E-state index in [4.69, 9.17) is 33.2 Å². The van der Waals surface area contributed by atoms with Gasteiger partial charge in [-0.05, 0) is 39.9 Å². The first kappa shape index (κ1) is 40.8. The molecule has 0 saturated carbocycles. The number of benzene rings is 5. The standard InChI is InChI=1S/C47H50O8/c1-4-28-50-34-43(51-30-36-18-10-6-11-19-36)45(53-32-38-22-14-8-15-23-38)46(54-33-39-24-16-9-17-25-39)44(52-31-37-20-12-7-13-21-37)35-55-47(48)42-29-41(49-3)27-26-40(42)5-2/h4-27,29,43-46H,1-2,28,30-35H2,3H3/t43-,44-,45-,46-/m1/s1. The van der Waals surface area contributed by atoms with Crippen LogP contribution in [0.5, 0.6) is 5.75 Å². The summed E-state index contributed by atoms with van der Waals surface area (Å²) in [6.07, 6.45) is 0.243. The second kappa shape index (κ2) is 22.8. The van der Waals surface area contributed by atoms with E-state index in [9.17, 15) is 4.79 Å². The SMILES string of the molecule is C=CCOC[C@@H](OCc1ccccc1)[C@@H](OCc1ccccc1)[C@H](OCc1ccccc1)[C@@H](COC(=O)c1cc(OC)ccc1C=C)OCc1ccccc1. The Morgan fingerprint density at radius 3 is 1.44 bits per heavy atom.